The number of nitrogens with zero attached hydrogens (tertiary/aromatic N) is 2. The second-order valence-electron chi connectivity index (χ2n) is 5.00. The molecule has 3 heterocycles. The highest BCUT2D eigenvalue weighted by molar-refractivity contribution is 5.13. The summed E-state index contributed by atoms with van der Waals surface area (Å²) in [5.41, 5.74) is 1.51. The fourth-order valence-corrected chi connectivity index (χ4v) is 2.94. The molecule has 1 aromatic rings. The third-order valence-corrected chi connectivity index (χ3v) is 4.03. The summed E-state index contributed by atoms with van der Waals surface area (Å²) in [6.07, 6.45) is 0. The van der Waals surface area contributed by atoms with E-state index >= 15 is 0 Å². The molecule has 1 radical (unpaired) electrons. The highest BCUT2D eigenvalue weighted by Gasteiger charge is 2.44. The van der Waals surface area contributed by atoms with Gasteiger partial charge in [-0.15, -0.1) is 0 Å². The van der Waals surface area contributed by atoms with Gasteiger partial charge in [0.25, 0.3) is 0 Å². The summed E-state index contributed by atoms with van der Waals surface area (Å²) in [5, 5.41) is 0. The topological polar surface area (TPSA) is 5.90 Å². The van der Waals surface area contributed by atoms with Crippen LogP contribution >= 0.6 is 0 Å². The first-order chi connectivity index (χ1) is 7.36. The molecule has 0 aromatic heterocycles. The number of hydrogen-bond acceptors (Lipinski definition) is 1. The molecule has 0 atom stereocenters. The molecule has 79 valence electrons. The number of piperazine rings is 3. The maximum atomic E-state index is 2.60. The van der Waals surface area contributed by atoms with Crippen LogP contribution in [0.2, 0.25) is 0 Å². The quantitative estimate of drug-likeness (QED) is 0.503. The molecule has 0 saturated carbocycles. The summed E-state index contributed by atoms with van der Waals surface area (Å²) in [5.74, 6) is 0. The lowest BCUT2D eigenvalue weighted by atomic mass is 10.1. The molecule has 2 nitrogen and oxygen atoms in total. The summed E-state index contributed by atoms with van der Waals surface area (Å²) in [4.78, 5) is 2.60. The molecule has 4 rings (SSSR count). The highest BCUT2D eigenvalue weighted by Crippen LogP contribution is 2.21. The van der Waals surface area contributed by atoms with Crippen LogP contribution in [0.3, 0.4) is 0 Å². The fourth-order valence-electron chi connectivity index (χ4n) is 2.94. The van der Waals surface area contributed by atoms with Crippen molar-refractivity contribution in [3.8, 4) is 0 Å². The Kier molecular flexibility index (Phi) is 2.26. The molecule has 3 aliphatic rings. The first-order valence-electron chi connectivity index (χ1n) is 5.98. The van der Waals surface area contributed by atoms with Crippen molar-refractivity contribution in [2.24, 2.45) is 0 Å². The monoisotopic (exact) mass is 203 g/mol. The van der Waals surface area contributed by atoms with Crippen molar-refractivity contribution >= 4 is 0 Å². The number of fused-ring (bicyclic) bond motifs is 3. The van der Waals surface area contributed by atoms with E-state index in [1.54, 1.807) is 0 Å². The number of rotatable bonds is 2. The lowest BCUT2D eigenvalue weighted by Crippen LogP contribution is -2.68. The van der Waals surface area contributed by atoms with E-state index in [1.165, 1.54) is 55.9 Å². The minimum atomic E-state index is 1.24. The van der Waals surface area contributed by atoms with E-state index in [2.05, 4.69) is 35.2 Å². The third-order valence-electron chi connectivity index (χ3n) is 4.03. The van der Waals surface area contributed by atoms with Gasteiger partial charge in [0.2, 0.25) is 0 Å². The smallest absolute Gasteiger partial charge is 0.172 e. The minimum Gasteiger partial charge on any atom is -0.305 e. The third kappa shape index (κ3) is 1.80. The Bertz CT molecular complexity index is 312. The Morgan fingerprint density at radius 2 is 1.53 bits per heavy atom. The van der Waals surface area contributed by atoms with Gasteiger partial charge in [0.15, 0.2) is 19.6 Å². The summed E-state index contributed by atoms with van der Waals surface area (Å²) in [6.45, 7) is 9.25. The van der Waals surface area contributed by atoms with E-state index in [0.29, 0.717) is 0 Å². The average Bonchev–Trinajstić information content (AvgIpc) is 2.32. The second-order valence-corrected chi connectivity index (χ2v) is 5.00. The Morgan fingerprint density at radius 1 is 0.933 bits per heavy atom. The Morgan fingerprint density at radius 3 is 2.13 bits per heavy atom. The maximum absolute atomic E-state index is 2.60. The van der Waals surface area contributed by atoms with Crippen LogP contribution in [0.1, 0.15) is 5.56 Å². The van der Waals surface area contributed by atoms with Gasteiger partial charge in [0.1, 0.15) is 26.2 Å². The fraction of sp³-hybridized carbons (Fsp3) is 0.538. The summed E-state index contributed by atoms with van der Waals surface area (Å²) in [7, 11) is 0. The molecular weight excluding hydrogens is 184 g/mol. The van der Waals surface area contributed by atoms with Crippen molar-refractivity contribution in [3.05, 3.63) is 35.9 Å². The molecule has 0 amide bonds. The predicted molar refractivity (Wildman–Crippen MR) is 61.7 cm³/mol. The zero-order valence-corrected chi connectivity index (χ0v) is 9.23. The molecule has 0 aliphatic carbocycles. The van der Waals surface area contributed by atoms with Crippen LogP contribution < -0.4 is 4.90 Å². The number of benzene rings is 1. The van der Waals surface area contributed by atoms with E-state index in [-0.39, 0.29) is 0 Å². The van der Waals surface area contributed by atoms with E-state index < -0.39 is 0 Å². The van der Waals surface area contributed by atoms with Gasteiger partial charge in [-0.25, -0.2) is 0 Å². The summed E-state index contributed by atoms with van der Waals surface area (Å²) >= 11 is 0. The SMILES string of the molecule is c1ccc(C[N+]23CC[N+](CC2)CC3)cc1. The van der Waals surface area contributed by atoms with Gasteiger partial charge in [-0.3, -0.25) is 0 Å². The van der Waals surface area contributed by atoms with Crippen LogP contribution in [0, 0.1) is 0 Å². The Hall–Kier alpha value is -0.860. The predicted octanol–water partition coefficient (Wildman–Crippen LogP) is 1.17. The van der Waals surface area contributed by atoms with Crippen LogP contribution in [0.25, 0.3) is 0 Å². The molecule has 3 saturated heterocycles. The molecule has 3 fully saturated rings. The van der Waals surface area contributed by atoms with Crippen molar-refractivity contribution in [2.75, 3.05) is 39.3 Å². The van der Waals surface area contributed by atoms with Gasteiger partial charge in [-0.05, 0) is 0 Å². The van der Waals surface area contributed by atoms with E-state index in [0.717, 1.165) is 0 Å². The zero-order chi connectivity index (χ0) is 10.1. The number of quaternary nitrogens is 1. The first-order valence-corrected chi connectivity index (χ1v) is 5.98. The van der Waals surface area contributed by atoms with Crippen molar-refractivity contribution in [1.82, 2.24) is 4.90 Å². The average molecular weight is 203 g/mol. The molecule has 3 aliphatic heterocycles. The normalized spacial score (nSPS) is 34.3. The van der Waals surface area contributed by atoms with Crippen molar-refractivity contribution in [1.29, 1.82) is 0 Å². The molecule has 2 heteroatoms. The van der Waals surface area contributed by atoms with Crippen LogP contribution in [-0.2, 0) is 6.54 Å². The first kappa shape index (κ1) is 9.37. The van der Waals surface area contributed by atoms with Crippen LogP contribution in [0.5, 0.6) is 0 Å². The number of hydrogen-bond donors (Lipinski definition) is 0. The van der Waals surface area contributed by atoms with Gasteiger partial charge < -0.3 is 4.48 Å². The summed E-state index contributed by atoms with van der Waals surface area (Å²) < 4.78 is 1.33. The molecule has 0 spiro atoms. The Balaban J connectivity index is 1.76. The van der Waals surface area contributed by atoms with Crippen molar-refractivity contribution in [3.63, 3.8) is 0 Å². The van der Waals surface area contributed by atoms with Gasteiger partial charge in [0, 0.05) is 5.56 Å². The van der Waals surface area contributed by atoms with Crippen LogP contribution in [0.15, 0.2) is 30.3 Å². The van der Waals surface area contributed by atoms with Gasteiger partial charge in [-0.2, -0.15) is 4.90 Å². The van der Waals surface area contributed by atoms with Crippen molar-refractivity contribution < 1.29 is 4.48 Å². The Labute approximate surface area is 91.7 Å². The minimum absolute atomic E-state index is 1.24. The van der Waals surface area contributed by atoms with Gasteiger partial charge >= 0.3 is 0 Å². The van der Waals surface area contributed by atoms with Crippen LogP contribution in [0.4, 0.5) is 0 Å². The largest absolute Gasteiger partial charge is 0.305 e. The molecule has 15 heavy (non-hydrogen) atoms. The summed E-state index contributed by atoms with van der Waals surface area (Å²) in [6, 6.07) is 11.0. The van der Waals surface area contributed by atoms with E-state index in [1.807, 2.05) is 0 Å². The lowest BCUT2D eigenvalue weighted by Gasteiger charge is -2.45. The zero-order valence-electron chi connectivity index (χ0n) is 9.23. The van der Waals surface area contributed by atoms with E-state index in [9.17, 15) is 0 Å². The standard InChI is InChI=1S/C13H19N2/c1-2-4-13(5-3-1)12-15-9-6-14(7-10-15)8-11-15/h1-5H,6-12H2/q+2. The second kappa shape index (κ2) is 3.62. The lowest BCUT2D eigenvalue weighted by molar-refractivity contribution is -0.950. The molecular formula is C13H19N2+2. The van der Waals surface area contributed by atoms with Gasteiger partial charge in [-0.1, -0.05) is 30.3 Å². The molecule has 0 unspecified atom stereocenters. The molecule has 2 bridgehead atoms. The highest BCUT2D eigenvalue weighted by atomic mass is 15.4. The van der Waals surface area contributed by atoms with E-state index in [4.69, 9.17) is 0 Å². The van der Waals surface area contributed by atoms with Crippen molar-refractivity contribution in [2.45, 2.75) is 6.54 Å². The molecule has 1 aromatic carbocycles. The maximum Gasteiger partial charge on any atom is 0.172 e. The van der Waals surface area contributed by atoms with Gasteiger partial charge in [0.05, 0.1) is 0 Å². The van der Waals surface area contributed by atoms with Crippen LogP contribution in [-0.4, -0.2) is 43.8 Å². The molecule has 0 N–H and O–H groups in total.